The Kier molecular flexibility index (Phi) is 5.00. The first-order chi connectivity index (χ1) is 12.0. The third-order valence-electron chi connectivity index (χ3n) is 4.35. The number of amides is 1. The van der Waals surface area contributed by atoms with Crippen molar-refractivity contribution >= 4 is 17.5 Å². The molecule has 0 aliphatic carbocycles. The summed E-state index contributed by atoms with van der Waals surface area (Å²) >= 11 is 6.03. The van der Waals surface area contributed by atoms with Crippen LogP contribution in [0.3, 0.4) is 0 Å². The van der Waals surface area contributed by atoms with E-state index in [0.29, 0.717) is 23.7 Å². The zero-order valence-electron chi connectivity index (χ0n) is 14.6. The summed E-state index contributed by atoms with van der Waals surface area (Å²) in [6.45, 7) is 5.11. The summed E-state index contributed by atoms with van der Waals surface area (Å²) in [4.78, 5) is 14.6. The van der Waals surface area contributed by atoms with Crippen LogP contribution in [0.15, 0.2) is 53.1 Å². The van der Waals surface area contributed by atoms with Crippen molar-refractivity contribution in [1.82, 2.24) is 9.47 Å². The summed E-state index contributed by atoms with van der Waals surface area (Å²) in [6, 6.07) is 13.3. The van der Waals surface area contributed by atoms with Gasteiger partial charge in [-0.15, -0.1) is 0 Å². The van der Waals surface area contributed by atoms with Crippen LogP contribution < -0.4 is 0 Å². The molecule has 2 heterocycles. The highest BCUT2D eigenvalue weighted by atomic mass is 35.5. The molecule has 0 saturated heterocycles. The van der Waals surface area contributed by atoms with Gasteiger partial charge < -0.3 is 13.9 Å². The van der Waals surface area contributed by atoms with Crippen molar-refractivity contribution in [2.24, 2.45) is 0 Å². The molecule has 0 aliphatic rings. The molecular formula is C20H21ClN2O2. The number of halogens is 1. The molecule has 3 aromatic rings. The van der Waals surface area contributed by atoms with E-state index < -0.39 is 0 Å². The van der Waals surface area contributed by atoms with Gasteiger partial charge in [0.1, 0.15) is 5.76 Å². The Labute approximate surface area is 152 Å². The molecule has 0 spiro atoms. The van der Waals surface area contributed by atoms with Gasteiger partial charge >= 0.3 is 0 Å². The normalized spacial score (nSPS) is 10.9. The Morgan fingerprint density at radius 1 is 1.20 bits per heavy atom. The highest BCUT2D eigenvalue weighted by molar-refractivity contribution is 6.30. The Bertz CT molecular complexity index is 881. The van der Waals surface area contributed by atoms with Gasteiger partial charge in [-0.2, -0.15) is 0 Å². The van der Waals surface area contributed by atoms with Crippen molar-refractivity contribution in [3.8, 4) is 0 Å². The van der Waals surface area contributed by atoms with Gasteiger partial charge in [0.05, 0.1) is 18.4 Å². The number of rotatable bonds is 5. The number of benzene rings is 1. The molecule has 0 saturated carbocycles. The van der Waals surface area contributed by atoms with Crippen LogP contribution in [-0.4, -0.2) is 22.4 Å². The SMILES string of the molecule is Cc1cc(C(=O)N(C)Cc2cccc(Cl)c2)c(C)n1Cc1ccco1. The third kappa shape index (κ3) is 3.80. The highest BCUT2D eigenvalue weighted by Gasteiger charge is 2.19. The van der Waals surface area contributed by atoms with Gasteiger partial charge in [-0.05, 0) is 49.7 Å². The summed E-state index contributed by atoms with van der Waals surface area (Å²) in [7, 11) is 1.81. The number of carbonyl (C=O) groups is 1. The van der Waals surface area contributed by atoms with E-state index in [-0.39, 0.29) is 5.91 Å². The fourth-order valence-corrected chi connectivity index (χ4v) is 3.22. The molecule has 2 aromatic heterocycles. The topological polar surface area (TPSA) is 38.4 Å². The van der Waals surface area contributed by atoms with Gasteiger partial charge in [0.15, 0.2) is 0 Å². The molecule has 130 valence electrons. The Morgan fingerprint density at radius 2 is 2.00 bits per heavy atom. The van der Waals surface area contributed by atoms with E-state index >= 15 is 0 Å². The van der Waals surface area contributed by atoms with E-state index in [4.69, 9.17) is 16.0 Å². The van der Waals surface area contributed by atoms with Crippen LogP contribution in [0.2, 0.25) is 5.02 Å². The van der Waals surface area contributed by atoms with E-state index in [2.05, 4.69) is 4.57 Å². The molecule has 0 bridgehead atoms. The second-order valence-electron chi connectivity index (χ2n) is 6.24. The number of furan rings is 1. The smallest absolute Gasteiger partial charge is 0.255 e. The number of aromatic nitrogens is 1. The van der Waals surface area contributed by atoms with Crippen molar-refractivity contribution in [2.45, 2.75) is 26.9 Å². The predicted molar refractivity (Wildman–Crippen MR) is 99.0 cm³/mol. The van der Waals surface area contributed by atoms with Crippen LogP contribution in [0.25, 0.3) is 0 Å². The van der Waals surface area contributed by atoms with Crippen molar-refractivity contribution in [1.29, 1.82) is 0 Å². The van der Waals surface area contributed by atoms with E-state index in [0.717, 1.165) is 22.7 Å². The van der Waals surface area contributed by atoms with E-state index in [1.165, 1.54) is 0 Å². The molecular weight excluding hydrogens is 336 g/mol. The van der Waals surface area contributed by atoms with Gasteiger partial charge in [-0.3, -0.25) is 4.79 Å². The summed E-state index contributed by atoms with van der Waals surface area (Å²) in [5.41, 5.74) is 3.70. The highest BCUT2D eigenvalue weighted by Crippen LogP contribution is 2.20. The second kappa shape index (κ2) is 7.19. The van der Waals surface area contributed by atoms with Crippen LogP contribution in [0.4, 0.5) is 0 Å². The van der Waals surface area contributed by atoms with Crippen LogP contribution in [0, 0.1) is 13.8 Å². The molecule has 0 aliphatic heterocycles. The molecule has 1 amide bonds. The van der Waals surface area contributed by atoms with Crippen molar-refractivity contribution in [2.75, 3.05) is 7.05 Å². The lowest BCUT2D eigenvalue weighted by atomic mass is 10.2. The molecule has 0 N–H and O–H groups in total. The monoisotopic (exact) mass is 356 g/mol. The van der Waals surface area contributed by atoms with Crippen LogP contribution in [-0.2, 0) is 13.1 Å². The number of hydrogen-bond acceptors (Lipinski definition) is 2. The minimum absolute atomic E-state index is 0.00114. The lowest BCUT2D eigenvalue weighted by molar-refractivity contribution is 0.0784. The van der Waals surface area contributed by atoms with Gasteiger partial charge in [0, 0.05) is 30.0 Å². The van der Waals surface area contributed by atoms with Crippen LogP contribution >= 0.6 is 11.6 Å². The van der Waals surface area contributed by atoms with Gasteiger partial charge in [0.25, 0.3) is 5.91 Å². The minimum atomic E-state index is -0.00114. The van der Waals surface area contributed by atoms with Crippen molar-refractivity contribution < 1.29 is 9.21 Å². The average molecular weight is 357 g/mol. The van der Waals surface area contributed by atoms with E-state index in [1.54, 1.807) is 11.2 Å². The Morgan fingerprint density at radius 3 is 2.68 bits per heavy atom. The summed E-state index contributed by atoms with van der Waals surface area (Å²) < 4.78 is 7.52. The van der Waals surface area contributed by atoms with Crippen LogP contribution in [0.5, 0.6) is 0 Å². The van der Waals surface area contributed by atoms with Crippen LogP contribution in [0.1, 0.15) is 33.1 Å². The minimum Gasteiger partial charge on any atom is -0.467 e. The standard InChI is InChI=1S/C20H21ClN2O2/c1-14-10-19(15(2)23(14)13-18-8-5-9-25-18)20(24)22(3)12-16-6-4-7-17(21)11-16/h4-11H,12-13H2,1-3H3. The first-order valence-electron chi connectivity index (χ1n) is 8.14. The summed E-state index contributed by atoms with van der Waals surface area (Å²) in [5.74, 6) is 0.867. The lowest BCUT2D eigenvalue weighted by Gasteiger charge is -2.17. The molecule has 5 heteroatoms. The average Bonchev–Trinajstić information content (AvgIpc) is 3.18. The van der Waals surface area contributed by atoms with Gasteiger partial charge in [-0.25, -0.2) is 0 Å². The third-order valence-corrected chi connectivity index (χ3v) is 4.59. The molecule has 1 aromatic carbocycles. The van der Waals surface area contributed by atoms with Gasteiger partial charge in [0.2, 0.25) is 0 Å². The number of aryl methyl sites for hydroxylation is 1. The summed E-state index contributed by atoms with van der Waals surface area (Å²) in [5, 5.41) is 0.676. The fourth-order valence-electron chi connectivity index (χ4n) is 3.01. The molecule has 4 nitrogen and oxygen atoms in total. The second-order valence-corrected chi connectivity index (χ2v) is 6.68. The lowest BCUT2D eigenvalue weighted by Crippen LogP contribution is -2.26. The number of nitrogens with zero attached hydrogens (tertiary/aromatic N) is 2. The Hall–Kier alpha value is -2.46. The van der Waals surface area contributed by atoms with Crippen molar-refractivity contribution in [3.05, 3.63) is 82.0 Å². The van der Waals surface area contributed by atoms with E-state index in [1.807, 2.05) is 63.4 Å². The molecule has 0 atom stereocenters. The maximum Gasteiger partial charge on any atom is 0.255 e. The largest absolute Gasteiger partial charge is 0.467 e. The maximum atomic E-state index is 12.9. The molecule has 0 fully saturated rings. The zero-order chi connectivity index (χ0) is 18.0. The fraction of sp³-hybridized carbons (Fsp3) is 0.250. The number of carbonyl (C=O) groups excluding carboxylic acids is 1. The van der Waals surface area contributed by atoms with Gasteiger partial charge in [-0.1, -0.05) is 23.7 Å². The quantitative estimate of drug-likeness (QED) is 0.666. The molecule has 0 radical (unpaired) electrons. The maximum absolute atomic E-state index is 12.9. The molecule has 25 heavy (non-hydrogen) atoms. The summed E-state index contributed by atoms with van der Waals surface area (Å²) in [6.07, 6.45) is 1.66. The Balaban J connectivity index is 1.80. The van der Waals surface area contributed by atoms with E-state index in [9.17, 15) is 4.79 Å². The first kappa shape index (κ1) is 17.4. The molecule has 3 rings (SSSR count). The predicted octanol–water partition coefficient (Wildman–Crippen LogP) is 4.67. The molecule has 0 unspecified atom stereocenters. The zero-order valence-corrected chi connectivity index (χ0v) is 15.4. The first-order valence-corrected chi connectivity index (χ1v) is 8.52. The number of hydrogen-bond donors (Lipinski definition) is 0. The van der Waals surface area contributed by atoms with Crippen molar-refractivity contribution in [3.63, 3.8) is 0 Å².